The number of hydrogen-bond donors (Lipinski definition) is 3. The van der Waals surface area contributed by atoms with Gasteiger partial charge >= 0.3 is 0 Å². The Morgan fingerprint density at radius 2 is 2.00 bits per heavy atom. The third-order valence-electron chi connectivity index (χ3n) is 7.84. The predicted octanol–water partition coefficient (Wildman–Crippen LogP) is 2.68. The summed E-state index contributed by atoms with van der Waals surface area (Å²) in [7, 11) is 1.76. The molecule has 0 spiro atoms. The van der Waals surface area contributed by atoms with Gasteiger partial charge in [0, 0.05) is 18.4 Å². The lowest BCUT2D eigenvalue weighted by Gasteiger charge is -2.62. The molecular weight excluding hydrogens is 316 g/mol. The van der Waals surface area contributed by atoms with E-state index in [0.29, 0.717) is 5.92 Å². The summed E-state index contributed by atoms with van der Waals surface area (Å²) in [5.74, 6) is 0.878. The lowest BCUT2D eigenvalue weighted by atomic mass is 9.44. The maximum Gasteiger partial charge on any atom is 0.0787 e. The summed E-state index contributed by atoms with van der Waals surface area (Å²) in [4.78, 5) is 0. The van der Waals surface area contributed by atoms with Gasteiger partial charge in [-0.25, -0.2) is 0 Å². The van der Waals surface area contributed by atoms with Gasteiger partial charge in [0.2, 0.25) is 0 Å². The van der Waals surface area contributed by atoms with Crippen LogP contribution in [0.25, 0.3) is 0 Å². The second-order valence-corrected chi connectivity index (χ2v) is 8.96. The van der Waals surface area contributed by atoms with Crippen LogP contribution in [0.2, 0.25) is 0 Å². The lowest BCUT2D eigenvalue weighted by molar-refractivity contribution is -0.168. The molecule has 0 heterocycles. The van der Waals surface area contributed by atoms with Gasteiger partial charge in [0.05, 0.1) is 25.4 Å². The normalized spacial score (nSPS) is 46.8. The zero-order valence-electron chi connectivity index (χ0n) is 15.9. The fourth-order valence-corrected chi connectivity index (χ4v) is 6.12. The topological polar surface area (TPSA) is 69.9 Å². The van der Waals surface area contributed by atoms with E-state index >= 15 is 0 Å². The van der Waals surface area contributed by atoms with Crippen LogP contribution in [0.4, 0.5) is 0 Å². The van der Waals surface area contributed by atoms with Crippen LogP contribution in [0.1, 0.15) is 46.0 Å². The van der Waals surface area contributed by atoms with Crippen LogP contribution < -0.4 is 0 Å². The van der Waals surface area contributed by atoms with Crippen LogP contribution in [0.5, 0.6) is 0 Å². The molecule has 0 saturated heterocycles. The van der Waals surface area contributed by atoms with Crippen molar-refractivity contribution in [3.63, 3.8) is 0 Å². The molecule has 0 bridgehead atoms. The van der Waals surface area contributed by atoms with Crippen molar-refractivity contribution in [3.05, 3.63) is 23.8 Å². The highest BCUT2D eigenvalue weighted by Gasteiger charge is 2.60. The van der Waals surface area contributed by atoms with Gasteiger partial charge in [0.25, 0.3) is 0 Å². The fraction of sp³-hybridized carbons (Fsp3) is 0.810. The second kappa shape index (κ2) is 6.80. The summed E-state index contributed by atoms with van der Waals surface area (Å²) < 4.78 is 5.87. The quantitative estimate of drug-likeness (QED) is 0.682. The molecule has 4 heteroatoms. The molecule has 3 aliphatic rings. The number of fused-ring (bicyclic) bond motifs is 3. The Kier molecular flexibility index (Phi) is 5.20. The molecule has 3 aliphatic carbocycles. The van der Waals surface area contributed by atoms with Gasteiger partial charge in [-0.3, -0.25) is 0 Å². The molecule has 0 unspecified atom stereocenters. The van der Waals surface area contributed by atoms with Crippen molar-refractivity contribution in [2.75, 3.05) is 20.3 Å². The summed E-state index contributed by atoms with van der Waals surface area (Å²) in [5, 5.41) is 30.2. The average molecular weight is 350 g/mol. The van der Waals surface area contributed by atoms with Gasteiger partial charge < -0.3 is 20.1 Å². The number of allylic oxidation sites excluding steroid dienone is 1. The van der Waals surface area contributed by atoms with Gasteiger partial charge in [-0.05, 0) is 60.5 Å². The van der Waals surface area contributed by atoms with Crippen molar-refractivity contribution in [2.45, 2.75) is 58.2 Å². The standard InChI is InChI=1S/C21H34O4/c1-13(11-22)14-5-6-16-15(9-14)17(25-4)10-18-20(16,2)8-7-19(24)21(18,3)12-23/h9,14,16-19,22-24H,1,5-8,10-12H2,2-4H3/t14-,16-,17+,18+,19-,20+,21-/m1/s1. The number of hydrogen-bond acceptors (Lipinski definition) is 4. The highest BCUT2D eigenvalue weighted by atomic mass is 16.5. The van der Waals surface area contributed by atoms with E-state index in [1.807, 2.05) is 6.92 Å². The van der Waals surface area contributed by atoms with Gasteiger partial charge in [-0.2, -0.15) is 0 Å². The summed E-state index contributed by atoms with van der Waals surface area (Å²) in [6.07, 6.45) is 6.49. The molecule has 0 aliphatic heterocycles. The molecule has 0 aromatic carbocycles. The molecule has 0 aromatic heterocycles. The Hall–Kier alpha value is -0.680. The smallest absolute Gasteiger partial charge is 0.0787 e. The van der Waals surface area contributed by atoms with E-state index in [1.54, 1.807) is 7.11 Å². The van der Waals surface area contributed by atoms with E-state index in [0.717, 1.165) is 37.7 Å². The average Bonchev–Trinajstić information content (AvgIpc) is 2.64. The molecule has 2 fully saturated rings. The number of rotatable bonds is 4. The minimum Gasteiger partial charge on any atom is -0.396 e. The molecule has 3 rings (SSSR count). The minimum atomic E-state index is -0.471. The molecule has 2 saturated carbocycles. The first-order valence-corrected chi connectivity index (χ1v) is 9.63. The summed E-state index contributed by atoms with van der Waals surface area (Å²) in [6.45, 7) is 8.47. The zero-order chi connectivity index (χ0) is 18.4. The zero-order valence-corrected chi connectivity index (χ0v) is 15.9. The van der Waals surface area contributed by atoms with Crippen LogP contribution >= 0.6 is 0 Å². The Labute approximate surface area is 151 Å². The molecule has 7 atom stereocenters. The van der Waals surface area contributed by atoms with Crippen LogP contribution in [0.3, 0.4) is 0 Å². The van der Waals surface area contributed by atoms with Crippen molar-refractivity contribution in [1.29, 1.82) is 0 Å². The summed E-state index contributed by atoms with van der Waals surface area (Å²) in [5.41, 5.74) is 1.83. The molecule has 25 heavy (non-hydrogen) atoms. The lowest BCUT2D eigenvalue weighted by Crippen LogP contribution is -2.60. The van der Waals surface area contributed by atoms with Crippen LogP contribution in [0, 0.1) is 28.6 Å². The minimum absolute atomic E-state index is 0.0145. The van der Waals surface area contributed by atoms with E-state index in [-0.39, 0.29) is 36.6 Å². The number of methoxy groups -OCH3 is 1. The molecule has 0 aromatic rings. The summed E-state index contributed by atoms with van der Waals surface area (Å²) >= 11 is 0. The first-order valence-electron chi connectivity index (χ1n) is 9.63. The summed E-state index contributed by atoms with van der Waals surface area (Å²) in [6, 6.07) is 0. The Morgan fingerprint density at radius 3 is 2.60 bits per heavy atom. The van der Waals surface area contributed by atoms with E-state index < -0.39 is 11.5 Å². The van der Waals surface area contributed by atoms with E-state index in [9.17, 15) is 15.3 Å². The third-order valence-corrected chi connectivity index (χ3v) is 7.84. The van der Waals surface area contributed by atoms with Crippen LogP contribution in [0.15, 0.2) is 23.8 Å². The highest BCUT2D eigenvalue weighted by Crippen LogP contribution is 2.63. The first kappa shape index (κ1) is 19.1. The van der Waals surface area contributed by atoms with E-state index in [2.05, 4.69) is 19.6 Å². The van der Waals surface area contributed by atoms with Crippen molar-refractivity contribution < 1.29 is 20.1 Å². The van der Waals surface area contributed by atoms with Crippen molar-refractivity contribution >= 4 is 0 Å². The molecule has 142 valence electrons. The Balaban J connectivity index is 2.01. The van der Waals surface area contributed by atoms with E-state index in [1.165, 1.54) is 5.57 Å². The number of ether oxygens (including phenoxy) is 1. The fourth-order valence-electron chi connectivity index (χ4n) is 6.12. The van der Waals surface area contributed by atoms with Crippen molar-refractivity contribution in [2.24, 2.45) is 28.6 Å². The largest absolute Gasteiger partial charge is 0.396 e. The van der Waals surface area contributed by atoms with Gasteiger partial charge in [-0.15, -0.1) is 0 Å². The maximum absolute atomic E-state index is 10.6. The Morgan fingerprint density at radius 1 is 1.28 bits per heavy atom. The van der Waals surface area contributed by atoms with Crippen LogP contribution in [-0.2, 0) is 4.74 Å². The molecule has 3 N–H and O–H groups in total. The van der Waals surface area contributed by atoms with Crippen LogP contribution in [-0.4, -0.2) is 47.9 Å². The van der Waals surface area contributed by atoms with Gasteiger partial charge in [0.15, 0.2) is 0 Å². The Bertz CT molecular complexity index is 556. The second-order valence-electron chi connectivity index (χ2n) is 8.96. The molecule has 0 amide bonds. The first-order chi connectivity index (χ1) is 11.8. The molecule has 4 nitrogen and oxygen atoms in total. The highest BCUT2D eigenvalue weighted by molar-refractivity contribution is 5.29. The SMILES string of the molecule is C=C(CO)[C@H]1C=C2[C@@H](OC)C[C@@H]3[C@@](C)(CO)[C@H](O)CC[C@@]3(C)[C@@H]2CC1. The molecule has 0 radical (unpaired) electrons. The molecular formula is C21H34O4. The third kappa shape index (κ3) is 2.82. The monoisotopic (exact) mass is 350 g/mol. The van der Waals surface area contributed by atoms with Crippen molar-refractivity contribution in [1.82, 2.24) is 0 Å². The van der Waals surface area contributed by atoms with Gasteiger partial charge in [0.1, 0.15) is 0 Å². The van der Waals surface area contributed by atoms with Gasteiger partial charge in [-0.1, -0.05) is 26.5 Å². The maximum atomic E-state index is 10.6. The predicted molar refractivity (Wildman–Crippen MR) is 98.0 cm³/mol. The van der Waals surface area contributed by atoms with E-state index in [4.69, 9.17) is 4.74 Å². The number of aliphatic hydroxyl groups is 3. The van der Waals surface area contributed by atoms with Crippen molar-refractivity contribution in [3.8, 4) is 0 Å². The number of aliphatic hydroxyl groups excluding tert-OH is 3.